The Labute approximate surface area is 110 Å². The second-order valence-electron chi connectivity index (χ2n) is 4.55. The van der Waals surface area contributed by atoms with Crippen molar-refractivity contribution in [3.63, 3.8) is 0 Å². The molecule has 0 spiro atoms. The molecule has 19 heavy (non-hydrogen) atoms. The lowest BCUT2D eigenvalue weighted by Gasteiger charge is -2.09. The molecular weight excluding hydrogens is 250 g/mol. The van der Waals surface area contributed by atoms with Crippen LogP contribution in [0, 0.1) is 0 Å². The third-order valence-corrected chi connectivity index (χ3v) is 2.99. The fourth-order valence-electron chi connectivity index (χ4n) is 2.04. The van der Waals surface area contributed by atoms with Crippen molar-refractivity contribution in [2.24, 2.45) is 0 Å². The summed E-state index contributed by atoms with van der Waals surface area (Å²) in [5, 5.41) is 18.2. The number of rotatable bonds is 5. The van der Waals surface area contributed by atoms with Gasteiger partial charge in [0.05, 0.1) is 0 Å². The summed E-state index contributed by atoms with van der Waals surface area (Å²) in [5.74, 6) is -0.936. The van der Waals surface area contributed by atoms with Gasteiger partial charge in [-0.15, -0.1) is 0 Å². The molecule has 104 valence electrons. The van der Waals surface area contributed by atoms with Gasteiger partial charge in [0.15, 0.2) is 11.9 Å². The van der Waals surface area contributed by atoms with Crippen LogP contribution in [0.2, 0.25) is 0 Å². The molecule has 0 bridgehead atoms. The maximum atomic E-state index is 11.9. The Kier molecular flexibility index (Phi) is 4.16. The maximum Gasteiger partial charge on any atom is 0.332 e. The summed E-state index contributed by atoms with van der Waals surface area (Å²) >= 11 is 0. The highest BCUT2D eigenvalue weighted by molar-refractivity contribution is 5.94. The van der Waals surface area contributed by atoms with Crippen LogP contribution in [0.5, 0.6) is 0 Å². The lowest BCUT2D eigenvalue weighted by Crippen LogP contribution is -2.30. The number of aromatic nitrogens is 2. The number of amides is 1. The minimum atomic E-state index is -1.03. The van der Waals surface area contributed by atoms with Gasteiger partial charge in [-0.3, -0.25) is 9.89 Å². The first-order chi connectivity index (χ1) is 9.10. The normalized spacial score (nSPS) is 22.4. The van der Waals surface area contributed by atoms with Crippen LogP contribution in [0.25, 0.3) is 0 Å². The van der Waals surface area contributed by atoms with Crippen LogP contribution < -0.4 is 5.32 Å². The summed E-state index contributed by atoms with van der Waals surface area (Å²) in [5.41, 5.74) is 0.952. The average molecular weight is 267 g/mol. The maximum absolute atomic E-state index is 11.9. The van der Waals surface area contributed by atoms with Crippen molar-refractivity contribution in [1.82, 2.24) is 10.2 Å². The van der Waals surface area contributed by atoms with Gasteiger partial charge >= 0.3 is 5.97 Å². The zero-order valence-corrected chi connectivity index (χ0v) is 10.7. The Bertz CT molecular complexity index is 471. The number of carboxylic acid groups (broad SMARTS) is 1. The molecule has 1 aromatic heterocycles. The summed E-state index contributed by atoms with van der Waals surface area (Å²) in [7, 11) is 0. The van der Waals surface area contributed by atoms with E-state index in [9.17, 15) is 9.59 Å². The molecule has 1 aliphatic heterocycles. The molecule has 1 amide bonds. The second-order valence-corrected chi connectivity index (χ2v) is 4.55. The van der Waals surface area contributed by atoms with Crippen LogP contribution in [0.1, 0.15) is 31.9 Å². The number of carboxylic acids is 1. The molecule has 7 heteroatoms. The highest BCUT2D eigenvalue weighted by Gasteiger charge is 2.34. The van der Waals surface area contributed by atoms with Crippen molar-refractivity contribution in [1.29, 1.82) is 0 Å². The minimum Gasteiger partial charge on any atom is -0.479 e. The van der Waals surface area contributed by atoms with E-state index < -0.39 is 18.2 Å². The van der Waals surface area contributed by atoms with E-state index in [1.54, 1.807) is 6.07 Å². The third-order valence-electron chi connectivity index (χ3n) is 2.99. The highest BCUT2D eigenvalue weighted by atomic mass is 16.5. The number of aromatic amines is 1. The van der Waals surface area contributed by atoms with Gasteiger partial charge in [0.1, 0.15) is 6.10 Å². The molecule has 1 saturated heterocycles. The van der Waals surface area contributed by atoms with E-state index >= 15 is 0 Å². The molecule has 0 saturated carbocycles. The number of H-pyrrole nitrogens is 1. The van der Waals surface area contributed by atoms with Gasteiger partial charge in [-0.25, -0.2) is 4.79 Å². The van der Waals surface area contributed by atoms with Crippen LogP contribution in [-0.2, 0) is 20.7 Å². The standard InChI is InChI=1S/C12H17N3O4/c1-2-3-7-6-10(15-14-7)13-11(16)8-4-5-9(19-8)12(17)18/h6,8-9H,2-5H2,1H3,(H,17,18)(H2,13,14,15,16)/t8-,9+/m0/s1. The lowest BCUT2D eigenvalue weighted by molar-refractivity contribution is -0.150. The molecule has 1 fully saturated rings. The van der Waals surface area contributed by atoms with E-state index in [2.05, 4.69) is 22.4 Å². The number of nitrogens with one attached hydrogen (secondary N) is 2. The zero-order valence-electron chi connectivity index (χ0n) is 10.7. The molecule has 0 aromatic carbocycles. The molecule has 1 aliphatic rings. The fraction of sp³-hybridized carbons (Fsp3) is 0.583. The number of carbonyl (C=O) groups is 2. The van der Waals surface area contributed by atoms with E-state index in [1.165, 1.54) is 0 Å². The van der Waals surface area contributed by atoms with Crippen molar-refractivity contribution in [3.05, 3.63) is 11.8 Å². The number of anilines is 1. The van der Waals surface area contributed by atoms with E-state index in [1.807, 2.05) is 0 Å². The van der Waals surface area contributed by atoms with Crippen molar-refractivity contribution in [3.8, 4) is 0 Å². The lowest BCUT2D eigenvalue weighted by atomic mass is 10.2. The molecule has 7 nitrogen and oxygen atoms in total. The summed E-state index contributed by atoms with van der Waals surface area (Å²) in [6.45, 7) is 2.05. The van der Waals surface area contributed by atoms with Gasteiger partial charge in [0, 0.05) is 11.8 Å². The first kappa shape index (κ1) is 13.5. The monoisotopic (exact) mass is 267 g/mol. The van der Waals surface area contributed by atoms with Crippen molar-refractivity contribution in [2.45, 2.75) is 44.8 Å². The summed E-state index contributed by atoms with van der Waals surface area (Å²) in [6, 6.07) is 1.77. The molecule has 2 heterocycles. The Morgan fingerprint density at radius 1 is 1.53 bits per heavy atom. The number of aryl methyl sites for hydroxylation is 1. The molecule has 2 atom stereocenters. The van der Waals surface area contributed by atoms with Crippen LogP contribution in [-0.4, -0.2) is 39.4 Å². The molecule has 2 rings (SSSR count). The Morgan fingerprint density at radius 2 is 2.26 bits per heavy atom. The van der Waals surface area contributed by atoms with Crippen LogP contribution in [0.4, 0.5) is 5.82 Å². The van der Waals surface area contributed by atoms with Crippen LogP contribution in [0.3, 0.4) is 0 Å². The Balaban J connectivity index is 1.88. The van der Waals surface area contributed by atoms with Gasteiger partial charge in [-0.05, 0) is 19.3 Å². The van der Waals surface area contributed by atoms with E-state index in [4.69, 9.17) is 9.84 Å². The molecule has 1 aromatic rings. The second kappa shape index (κ2) is 5.83. The van der Waals surface area contributed by atoms with Gasteiger partial charge in [-0.1, -0.05) is 13.3 Å². The summed E-state index contributed by atoms with van der Waals surface area (Å²) in [6.07, 6.45) is 1.02. The first-order valence-corrected chi connectivity index (χ1v) is 6.33. The highest BCUT2D eigenvalue weighted by Crippen LogP contribution is 2.21. The number of nitrogens with zero attached hydrogens (tertiary/aromatic N) is 1. The van der Waals surface area contributed by atoms with Gasteiger partial charge in [0.25, 0.3) is 5.91 Å². The first-order valence-electron chi connectivity index (χ1n) is 6.33. The van der Waals surface area contributed by atoms with Crippen molar-refractivity contribution >= 4 is 17.7 Å². The predicted octanol–water partition coefficient (Wildman–Crippen LogP) is 0.933. The third kappa shape index (κ3) is 3.31. The SMILES string of the molecule is CCCc1cc(NC(=O)[C@@H]2CC[C@H](C(=O)O)O2)n[nH]1. The van der Waals surface area contributed by atoms with E-state index in [0.29, 0.717) is 18.7 Å². The van der Waals surface area contributed by atoms with Crippen LogP contribution in [0.15, 0.2) is 6.07 Å². The number of carbonyl (C=O) groups excluding carboxylic acids is 1. The fourth-order valence-corrected chi connectivity index (χ4v) is 2.04. The number of ether oxygens (including phenoxy) is 1. The number of hydrogen-bond acceptors (Lipinski definition) is 4. The minimum absolute atomic E-state index is 0.349. The van der Waals surface area contributed by atoms with Crippen LogP contribution >= 0.6 is 0 Å². The predicted molar refractivity (Wildman–Crippen MR) is 66.7 cm³/mol. The number of aliphatic carboxylic acids is 1. The molecule has 0 radical (unpaired) electrons. The van der Waals surface area contributed by atoms with Crippen molar-refractivity contribution in [2.75, 3.05) is 5.32 Å². The van der Waals surface area contributed by atoms with Gasteiger partial charge < -0.3 is 15.2 Å². The van der Waals surface area contributed by atoms with Crippen molar-refractivity contribution < 1.29 is 19.4 Å². The summed E-state index contributed by atoms with van der Waals surface area (Å²) in [4.78, 5) is 22.6. The molecule has 3 N–H and O–H groups in total. The Hall–Kier alpha value is -1.89. The largest absolute Gasteiger partial charge is 0.479 e. The van der Waals surface area contributed by atoms with E-state index in [0.717, 1.165) is 18.5 Å². The molecule has 0 aliphatic carbocycles. The Morgan fingerprint density at radius 3 is 2.89 bits per heavy atom. The van der Waals surface area contributed by atoms with E-state index in [-0.39, 0.29) is 5.91 Å². The number of hydrogen-bond donors (Lipinski definition) is 3. The molecule has 0 unspecified atom stereocenters. The smallest absolute Gasteiger partial charge is 0.332 e. The quantitative estimate of drug-likeness (QED) is 0.736. The van der Waals surface area contributed by atoms with Gasteiger partial charge in [0.2, 0.25) is 0 Å². The zero-order chi connectivity index (χ0) is 13.8. The summed E-state index contributed by atoms with van der Waals surface area (Å²) < 4.78 is 5.16. The van der Waals surface area contributed by atoms with Gasteiger partial charge in [-0.2, -0.15) is 5.10 Å². The molecular formula is C12H17N3O4. The average Bonchev–Trinajstić information content (AvgIpc) is 2.98. The topological polar surface area (TPSA) is 104 Å².